The van der Waals surface area contributed by atoms with Crippen molar-refractivity contribution in [3.8, 4) is 0 Å². The summed E-state index contributed by atoms with van der Waals surface area (Å²) in [6, 6.07) is 2.41. The maximum Gasteiger partial charge on any atom is 0.0786 e. The summed E-state index contributed by atoms with van der Waals surface area (Å²) in [5.41, 5.74) is 4.30. The molecule has 0 fully saturated rings. The maximum absolute atomic E-state index is 5.52. The molecule has 0 aromatic carbocycles. The molecule has 0 saturated carbocycles. The molecule has 5 heteroatoms. The second kappa shape index (κ2) is 5.32. The first-order chi connectivity index (χ1) is 7.35. The molecule has 1 aromatic rings. The summed E-state index contributed by atoms with van der Waals surface area (Å²) >= 11 is 3.88. The van der Waals surface area contributed by atoms with Crippen LogP contribution in [0.1, 0.15) is 21.4 Å². The first kappa shape index (κ1) is 11.4. The number of nitrogens with one attached hydrogen (secondary N) is 1. The van der Waals surface area contributed by atoms with Gasteiger partial charge in [0.15, 0.2) is 0 Å². The molecule has 2 heterocycles. The number of thiophene rings is 1. The minimum atomic E-state index is 0.135. The van der Waals surface area contributed by atoms with Gasteiger partial charge in [0, 0.05) is 22.6 Å². The molecule has 15 heavy (non-hydrogen) atoms. The highest BCUT2D eigenvalue weighted by molar-refractivity contribution is 7.98. The van der Waals surface area contributed by atoms with E-state index in [0.717, 1.165) is 5.75 Å². The van der Waals surface area contributed by atoms with E-state index < -0.39 is 0 Å². The number of nitrogens with two attached hydrogens (primary N) is 1. The Morgan fingerprint density at radius 3 is 3.20 bits per heavy atom. The molecule has 0 saturated heterocycles. The second-order valence-electron chi connectivity index (χ2n) is 3.57. The first-order valence-electron chi connectivity index (χ1n) is 4.99. The third-order valence-electron chi connectivity index (χ3n) is 2.52. The highest BCUT2D eigenvalue weighted by Gasteiger charge is 2.18. The summed E-state index contributed by atoms with van der Waals surface area (Å²) in [4.78, 5) is 2.83. The van der Waals surface area contributed by atoms with E-state index in [0.29, 0.717) is 6.61 Å². The predicted molar refractivity (Wildman–Crippen MR) is 66.1 cm³/mol. The SMILES string of the molecule is COCC(NN)c1cc2c(s1)CCSC2. The van der Waals surface area contributed by atoms with Gasteiger partial charge in [-0.25, -0.2) is 5.43 Å². The lowest BCUT2D eigenvalue weighted by molar-refractivity contribution is 0.168. The number of aryl methyl sites for hydroxylation is 1. The smallest absolute Gasteiger partial charge is 0.0786 e. The van der Waals surface area contributed by atoms with Crippen LogP contribution in [0.4, 0.5) is 0 Å². The van der Waals surface area contributed by atoms with Crippen LogP contribution < -0.4 is 11.3 Å². The molecule has 0 aliphatic carbocycles. The standard InChI is InChI=1S/C10H16N2OS2/c1-13-5-8(12-11)10-4-7-6-14-3-2-9(7)15-10/h4,8,12H,2-3,5-6,11H2,1H3. The number of methoxy groups -OCH3 is 1. The summed E-state index contributed by atoms with van der Waals surface area (Å²) in [5, 5.41) is 0. The minimum Gasteiger partial charge on any atom is -0.383 e. The second-order valence-corrected chi connectivity index (χ2v) is 5.85. The van der Waals surface area contributed by atoms with Crippen molar-refractivity contribution in [2.45, 2.75) is 18.2 Å². The quantitative estimate of drug-likeness (QED) is 0.625. The van der Waals surface area contributed by atoms with E-state index in [4.69, 9.17) is 10.6 Å². The van der Waals surface area contributed by atoms with Gasteiger partial charge in [0.2, 0.25) is 0 Å². The minimum absolute atomic E-state index is 0.135. The fraction of sp³-hybridized carbons (Fsp3) is 0.600. The lowest BCUT2D eigenvalue weighted by Gasteiger charge is -2.12. The van der Waals surface area contributed by atoms with Crippen LogP contribution in [0.5, 0.6) is 0 Å². The fourth-order valence-electron chi connectivity index (χ4n) is 1.72. The zero-order valence-electron chi connectivity index (χ0n) is 8.79. The zero-order chi connectivity index (χ0) is 10.7. The van der Waals surface area contributed by atoms with Gasteiger partial charge < -0.3 is 4.74 Å². The van der Waals surface area contributed by atoms with E-state index in [1.165, 1.54) is 27.5 Å². The Morgan fingerprint density at radius 2 is 2.53 bits per heavy atom. The maximum atomic E-state index is 5.52. The topological polar surface area (TPSA) is 47.3 Å². The van der Waals surface area contributed by atoms with Crippen LogP contribution in [-0.4, -0.2) is 19.5 Å². The third-order valence-corrected chi connectivity index (χ3v) is 4.88. The number of hydrogen-bond donors (Lipinski definition) is 2. The highest BCUT2D eigenvalue weighted by atomic mass is 32.2. The predicted octanol–water partition coefficient (Wildman–Crippen LogP) is 1.69. The van der Waals surface area contributed by atoms with Crippen molar-refractivity contribution in [1.29, 1.82) is 0 Å². The van der Waals surface area contributed by atoms with E-state index in [-0.39, 0.29) is 6.04 Å². The summed E-state index contributed by atoms with van der Waals surface area (Å²) in [6.45, 7) is 0.628. The van der Waals surface area contributed by atoms with Crippen LogP contribution in [-0.2, 0) is 16.9 Å². The molecule has 84 valence electrons. The molecule has 0 bridgehead atoms. The Kier molecular flexibility index (Phi) is 4.05. The van der Waals surface area contributed by atoms with Gasteiger partial charge >= 0.3 is 0 Å². The lowest BCUT2D eigenvalue weighted by atomic mass is 10.2. The Balaban J connectivity index is 2.16. The summed E-state index contributed by atoms with van der Waals surface area (Å²) in [7, 11) is 1.70. The summed E-state index contributed by atoms with van der Waals surface area (Å²) in [6.07, 6.45) is 1.20. The van der Waals surface area contributed by atoms with Crippen molar-refractivity contribution < 1.29 is 4.74 Å². The molecule has 1 aromatic heterocycles. The van der Waals surface area contributed by atoms with Gasteiger partial charge in [0.1, 0.15) is 0 Å². The van der Waals surface area contributed by atoms with Gasteiger partial charge in [-0.1, -0.05) is 0 Å². The van der Waals surface area contributed by atoms with Gasteiger partial charge in [-0.3, -0.25) is 5.84 Å². The van der Waals surface area contributed by atoms with Crippen LogP contribution in [0.3, 0.4) is 0 Å². The van der Waals surface area contributed by atoms with Gasteiger partial charge in [-0.2, -0.15) is 11.8 Å². The third kappa shape index (κ3) is 2.54. The zero-order valence-corrected chi connectivity index (χ0v) is 10.4. The molecule has 2 rings (SSSR count). The van der Waals surface area contributed by atoms with Crippen molar-refractivity contribution in [2.24, 2.45) is 5.84 Å². The van der Waals surface area contributed by atoms with E-state index in [1.807, 2.05) is 23.1 Å². The van der Waals surface area contributed by atoms with Crippen LogP contribution in [0.15, 0.2) is 6.07 Å². The molecule has 1 unspecified atom stereocenters. The monoisotopic (exact) mass is 244 g/mol. The average molecular weight is 244 g/mol. The molecule has 0 spiro atoms. The van der Waals surface area contributed by atoms with Gasteiger partial charge in [0.05, 0.1) is 12.6 Å². The van der Waals surface area contributed by atoms with E-state index >= 15 is 0 Å². The lowest BCUT2D eigenvalue weighted by Crippen LogP contribution is -2.30. The van der Waals surface area contributed by atoms with Crippen LogP contribution >= 0.6 is 23.1 Å². The number of fused-ring (bicyclic) bond motifs is 1. The Morgan fingerprint density at radius 1 is 1.67 bits per heavy atom. The van der Waals surface area contributed by atoms with Crippen molar-refractivity contribution in [1.82, 2.24) is 5.43 Å². The number of ether oxygens (including phenoxy) is 1. The molecule has 1 aliphatic heterocycles. The molecule has 1 atom stereocenters. The largest absolute Gasteiger partial charge is 0.383 e. The number of hydrazine groups is 1. The van der Waals surface area contributed by atoms with E-state index in [2.05, 4.69) is 11.5 Å². The van der Waals surface area contributed by atoms with Crippen LogP contribution in [0, 0.1) is 0 Å². The van der Waals surface area contributed by atoms with Crippen molar-refractivity contribution in [3.63, 3.8) is 0 Å². The van der Waals surface area contributed by atoms with E-state index in [1.54, 1.807) is 7.11 Å². The first-order valence-corrected chi connectivity index (χ1v) is 6.96. The van der Waals surface area contributed by atoms with Crippen LogP contribution in [0.25, 0.3) is 0 Å². The van der Waals surface area contributed by atoms with Gasteiger partial charge in [-0.05, 0) is 23.8 Å². The Labute approximate surface area is 98.4 Å². The molecule has 3 N–H and O–H groups in total. The average Bonchev–Trinajstić information content (AvgIpc) is 2.69. The molecule has 0 radical (unpaired) electrons. The van der Waals surface area contributed by atoms with Gasteiger partial charge in [0.25, 0.3) is 0 Å². The normalized spacial score (nSPS) is 17.5. The molecular weight excluding hydrogens is 228 g/mol. The van der Waals surface area contributed by atoms with Gasteiger partial charge in [-0.15, -0.1) is 11.3 Å². The van der Waals surface area contributed by atoms with E-state index in [9.17, 15) is 0 Å². The summed E-state index contributed by atoms with van der Waals surface area (Å²) in [5.74, 6) is 7.92. The Bertz CT molecular complexity index is 304. The number of hydrogen-bond acceptors (Lipinski definition) is 5. The molecule has 3 nitrogen and oxygen atoms in total. The number of thioether (sulfide) groups is 1. The molecular formula is C10H16N2OS2. The summed E-state index contributed by atoms with van der Waals surface area (Å²) < 4.78 is 5.14. The molecule has 1 aliphatic rings. The van der Waals surface area contributed by atoms with Crippen molar-refractivity contribution >= 4 is 23.1 Å². The Hall–Kier alpha value is -0.0700. The number of rotatable bonds is 4. The fourth-order valence-corrected chi connectivity index (χ4v) is 4.14. The highest BCUT2D eigenvalue weighted by Crippen LogP contribution is 2.34. The van der Waals surface area contributed by atoms with Crippen LogP contribution in [0.2, 0.25) is 0 Å². The molecule has 0 amide bonds. The van der Waals surface area contributed by atoms with Crippen molar-refractivity contribution in [3.05, 3.63) is 21.4 Å². The van der Waals surface area contributed by atoms with Crippen molar-refractivity contribution in [2.75, 3.05) is 19.5 Å².